The standard InChI is InChI=1S/C11H11FN6O3/c1-17-5-15-16-10(17)4-14-11(19)6-2-8(13)7(12)3-9(6)18(20)21/h2-3,5H,4,13H2,1H3,(H,14,19). The normalized spacial score (nSPS) is 10.4. The molecule has 2 aromatic rings. The number of carbonyl (C=O) groups is 1. The number of rotatable bonds is 4. The molecular formula is C11H11FN6O3. The lowest BCUT2D eigenvalue weighted by molar-refractivity contribution is -0.385. The molecule has 1 heterocycles. The number of nitro groups is 1. The molecule has 0 aliphatic heterocycles. The molecule has 2 rings (SSSR count). The highest BCUT2D eigenvalue weighted by atomic mass is 19.1. The summed E-state index contributed by atoms with van der Waals surface area (Å²) < 4.78 is 14.8. The van der Waals surface area contributed by atoms with Gasteiger partial charge in [0.1, 0.15) is 11.9 Å². The lowest BCUT2D eigenvalue weighted by Gasteiger charge is -2.07. The zero-order valence-corrected chi connectivity index (χ0v) is 10.9. The van der Waals surface area contributed by atoms with Gasteiger partial charge in [-0.2, -0.15) is 0 Å². The van der Waals surface area contributed by atoms with Crippen LogP contribution in [0.2, 0.25) is 0 Å². The molecule has 0 saturated heterocycles. The minimum absolute atomic E-state index is 0.0176. The summed E-state index contributed by atoms with van der Waals surface area (Å²) >= 11 is 0. The number of carbonyl (C=O) groups excluding carboxylic acids is 1. The number of nitro benzene ring substituents is 1. The Labute approximate surface area is 117 Å². The fraction of sp³-hybridized carbons (Fsp3) is 0.182. The summed E-state index contributed by atoms with van der Waals surface area (Å²) in [6.07, 6.45) is 1.44. The van der Waals surface area contributed by atoms with E-state index in [2.05, 4.69) is 15.5 Å². The van der Waals surface area contributed by atoms with Crippen LogP contribution in [0.3, 0.4) is 0 Å². The molecule has 0 bridgehead atoms. The number of nitrogen functional groups attached to an aromatic ring is 1. The Hall–Kier alpha value is -3.04. The zero-order valence-electron chi connectivity index (χ0n) is 10.9. The molecule has 1 aromatic carbocycles. The second kappa shape index (κ2) is 5.53. The molecule has 0 saturated carbocycles. The number of aromatic nitrogens is 3. The lowest BCUT2D eigenvalue weighted by atomic mass is 10.1. The Morgan fingerprint density at radius 3 is 2.86 bits per heavy atom. The molecule has 0 aliphatic carbocycles. The molecule has 0 fully saturated rings. The van der Waals surface area contributed by atoms with Gasteiger partial charge < -0.3 is 15.6 Å². The number of hydrogen-bond acceptors (Lipinski definition) is 6. The highest BCUT2D eigenvalue weighted by Crippen LogP contribution is 2.24. The summed E-state index contributed by atoms with van der Waals surface area (Å²) in [6, 6.07) is 1.55. The van der Waals surface area contributed by atoms with Gasteiger partial charge in [0.25, 0.3) is 11.6 Å². The molecule has 9 nitrogen and oxygen atoms in total. The molecule has 0 aliphatic rings. The maximum atomic E-state index is 13.3. The van der Waals surface area contributed by atoms with Crippen molar-refractivity contribution in [3.63, 3.8) is 0 Å². The number of amides is 1. The van der Waals surface area contributed by atoms with E-state index >= 15 is 0 Å². The summed E-state index contributed by atoms with van der Waals surface area (Å²) in [6.45, 7) is 0.0176. The van der Waals surface area contributed by atoms with Crippen LogP contribution in [0.15, 0.2) is 18.5 Å². The molecule has 1 amide bonds. The van der Waals surface area contributed by atoms with Crippen molar-refractivity contribution in [2.45, 2.75) is 6.54 Å². The Balaban J connectivity index is 2.24. The predicted octanol–water partition coefficient (Wildman–Crippen LogP) is 0.375. The van der Waals surface area contributed by atoms with Gasteiger partial charge in [-0.15, -0.1) is 10.2 Å². The fourth-order valence-electron chi connectivity index (χ4n) is 1.63. The van der Waals surface area contributed by atoms with Gasteiger partial charge in [-0.3, -0.25) is 14.9 Å². The number of anilines is 1. The predicted molar refractivity (Wildman–Crippen MR) is 69.6 cm³/mol. The second-order valence-electron chi connectivity index (χ2n) is 4.19. The minimum Gasteiger partial charge on any atom is -0.396 e. The van der Waals surface area contributed by atoms with E-state index in [0.29, 0.717) is 11.9 Å². The Bertz CT molecular complexity index is 714. The average molecular weight is 294 g/mol. The van der Waals surface area contributed by atoms with E-state index in [1.54, 1.807) is 11.6 Å². The topological polar surface area (TPSA) is 129 Å². The van der Waals surface area contributed by atoms with Crippen molar-refractivity contribution < 1.29 is 14.1 Å². The quantitative estimate of drug-likeness (QED) is 0.476. The zero-order chi connectivity index (χ0) is 15.6. The largest absolute Gasteiger partial charge is 0.396 e. The van der Waals surface area contributed by atoms with Crippen LogP contribution in [0.25, 0.3) is 0 Å². The number of nitrogens with zero attached hydrogens (tertiary/aromatic N) is 4. The van der Waals surface area contributed by atoms with Crippen LogP contribution in [-0.4, -0.2) is 25.6 Å². The summed E-state index contributed by atoms with van der Waals surface area (Å²) in [5.41, 5.74) is 4.02. The second-order valence-corrected chi connectivity index (χ2v) is 4.19. The van der Waals surface area contributed by atoms with Crippen molar-refractivity contribution in [3.05, 3.63) is 45.8 Å². The van der Waals surface area contributed by atoms with Crippen molar-refractivity contribution in [2.75, 3.05) is 5.73 Å². The maximum absolute atomic E-state index is 13.3. The molecule has 0 atom stereocenters. The van der Waals surface area contributed by atoms with Gasteiger partial charge in [0.15, 0.2) is 11.6 Å². The lowest BCUT2D eigenvalue weighted by Crippen LogP contribution is -2.25. The third-order valence-electron chi connectivity index (χ3n) is 2.77. The van der Waals surface area contributed by atoms with E-state index in [1.165, 1.54) is 6.33 Å². The molecule has 21 heavy (non-hydrogen) atoms. The number of halogens is 1. The molecule has 0 unspecified atom stereocenters. The van der Waals surface area contributed by atoms with E-state index in [1.807, 2.05) is 0 Å². The molecule has 1 aromatic heterocycles. The molecule has 10 heteroatoms. The van der Waals surface area contributed by atoms with Crippen LogP contribution in [-0.2, 0) is 13.6 Å². The molecule has 3 N–H and O–H groups in total. The smallest absolute Gasteiger partial charge is 0.285 e. The third-order valence-corrected chi connectivity index (χ3v) is 2.77. The molecule has 110 valence electrons. The van der Waals surface area contributed by atoms with Crippen LogP contribution in [0.5, 0.6) is 0 Å². The number of benzene rings is 1. The number of aryl methyl sites for hydroxylation is 1. The Kier molecular flexibility index (Phi) is 3.78. The number of nitrogens with one attached hydrogen (secondary N) is 1. The summed E-state index contributed by atoms with van der Waals surface area (Å²) in [5, 5.41) is 20.7. The Morgan fingerprint density at radius 1 is 1.57 bits per heavy atom. The van der Waals surface area contributed by atoms with Gasteiger partial charge in [-0.25, -0.2) is 4.39 Å². The van der Waals surface area contributed by atoms with Gasteiger partial charge >= 0.3 is 0 Å². The van der Waals surface area contributed by atoms with Crippen LogP contribution in [0, 0.1) is 15.9 Å². The van der Waals surface area contributed by atoms with Gasteiger partial charge in [-0.05, 0) is 6.07 Å². The van der Waals surface area contributed by atoms with E-state index < -0.39 is 22.3 Å². The first kappa shape index (κ1) is 14.4. The minimum atomic E-state index is -0.952. The summed E-state index contributed by atoms with van der Waals surface area (Å²) in [7, 11) is 1.68. The van der Waals surface area contributed by atoms with Crippen LogP contribution >= 0.6 is 0 Å². The van der Waals surface area contributed by atoms with E-state index in [0.717, 1.165) is 6.07 Å². The molecular weight excluding hydrogens is 283 g/mol. The summed E-state index contributed by atoms with van der Waals surface area (Å²) in [5.74, 6) is -1.25. The van der Waals surface area contributed by atoms with Gasteiger partial charge in [0.2, 0.25) is 0 Å². The third kappa shape index (κ3) is 2.94. The van der Waals surface area contributed by atoms with Gasteiger partial charge in [0.05, 0.1) is 23.2 Å². The Morgan fingerprint density at radius 2 is 2.29 bits per heavy atom. The first-order valence-corrected chi connectivity index (χ1v) is 5.74. The van der Waals surface area contributed by atoms with Crippen molar-refractivity contribution in [2.24, 2.45) is 7.05 Å². The average Bonchev–Trinajstić information content (AvgIpc) is 2.84. The fourth-order valence-corrected chi connectivity index (χ4v) is 1.63. The van der Waals surface area contributed by atoms with E-state index in [-0.39, 0.29) is 17.8 Å². The van der Waals surface area contributed by atoms with Crippen LogP contribution in [0.1, 0.15) is 16.2 Å². The first-order valence-electron chi connectivity index (χ1n) is 5.74. The van der Waals surface area contributed by atoms with Gasteiger partial charge in [0, 0.05) is 7.05 Å². The summed E-state index contributed by atoms with van der Waals surface area (Å²) in [4.78, 5) is 22.0. The monoisotopic (exact) mass is 294 g/mol. The molecule has 0 radical (unpaired) electrons. The van der Waals surface area contributed by atoms with Crippen LogP contribution in [0.4, 0.5) is 15.8 Å². The van der Waals surface area contributed by atoms with Crippen molar-refractivity contribution >= 4 is 17.3 Å². The highest BCUT2D eigenvalue weighted by Gasteiger charge is 2.23. The van der Waals surface area contributed by atoms with Crippen LogP contribution < -0.4 is 11.1 Å². The highest BCUT2D eigenvalue weighted by molar-refractivity contribution is 5.99. The maximum Gasteiger partial charge on any atom is 0.285 e. The molecule has 0 spiro atoms. The van der Waals surface area contributed by atoms with Gasteiger partial charge in [-0.1, -0.05) is 0 Å². The number of hydrogen-bond donors (Lipinski definition) is 2. The van der Waals surface area contributed by atoms with E-state index in [9.17, 15) is 19.3 Å². The SMILES string of the molecule is Cn1cnnc1CNC(=O)c1cc(N)c(F)cc1[N+](=O)[O-]. The first-order chi connectivity index (χ1) is 9.90. The van der Waals surface area contributed by atoms with E-state index in [4.69, 9.17) is 5.73 Å². The van der Waals surface area contributed by atoms with Crippen molar-refractivity contribution in [1.29, 1.82) is 0 Å². The van der Waals surface area contributed by atoms with Crippen molar-refractivity contribution in [1.82, 2.24) is 20.1 Å². The number of nitrogens with two attached hydrogens (primary N) is 1. The van der Waals surface area contributed by atoms with Crippen molar-refractivity contribution in [3.8, 4) is 0 Å².